The number of carbonyl (C=O) groups excluding carboxylic acids is 4. The molecule has 5 rings (SSSR count). The third-order valence-electron chi connectivity index (χ3n) is 10.0. The second kappa shape index (κ2) is 17.6. The largest absolute Gasteiger partial charge is 0.441 e. The Labute approximate surface area is 288 Å². The number of amides is 4. The average molecular weight is 681 g/mol. The van der Waals surface area contributed by atoms with Gasteiger partial charge in [0.15, 0.2) is 0 Å². The van der Waals surface area contributed by atoms with Crippen LogP contribution < -0.4 is 10.6 Å². The first-order chi connectivity index (χ1) is 23.7. The molecule has 0 bridgehead atoms. The number of likely N-dealkylation sites (N-methyl/N-ethyl adjacent to an activating group) is 1. The molecular formula is C36H52N6O7. The summed E-state index contributed by atoms with van der Waals surface area (Å²) in [6.45, 7) is 4.40. The Morgan fingerprint density at radius 1 is 1.02 bits per heavy atom. The van der Waals surface area contributed by atoms with Crippen molar-refractivity contribution in [3.8, 4) is 0 Å². The summed E-state index contributed by atoms with van der Waals surface area (Å²) in [6, 6.07) is 7.80. The number of aliphatic hydroxyl groups excluding tert-OH is 1. The van der Waals surface area contributed by atoms with E-state index in [-0.39, 0.29) is 25.3 Å². The lowest BCUT2D eigenvalue weighted by Gasteiger charge is -2.33. The quantitative estimate of drug-likeness (QED) is 0.259. The van der Waals surface area contributed by atoms with Gasteiger partial charge in [-0.1, -0.05) is 62.4 Å². The number of aromatic nitrogens is 2. The van der Waals surface area contributed by atoms with Gasteiger partial charge in [0.1, 0.15) is 18.2 Å². The predicted octanol–water partition coefficient (Wildman–Crippen LogP) is 2.21. The lowest BCUT2D eigenvalue weighted by molar-refractivity contribution is -0.140. The van der Waals surface area contributed by atoms with Crippen molar-refractivity contribution in [2.75, 3.05) is 39.4 Å². The molecule has 1 aliphatic carbocycles. The normalized spacial score (nSPS) is 21.0. The molecule has 0 unspecified atom stereocenters. The van der Waals surface area contributed by atoms with Crippen LogP contribution >= 0.6 is 0 Å². The number of ether oxygens (including phenoxy) is 2. The van der Waals surface area contributed by atoms with Crippen LogP contribution in [0.15, 0.2) is 42.9 Å². The lowest BCUT2D eigenvalue weighted by atomic mass is 9.83. The number of carbonyl (C=O) groups is 4. The van der Waals surface area contributed by atoms with E-state index in [0.29, 0.717) is 57.3 Å². The molecule has 4 amide bonds. The molecule has 3 aliphatic rings. The van der Waals surface area contributed by atoms with Gasteiger partial charge in [0.25, 0.3) is 0 Å². The molecule has 0 radical (unpaired) electrons. The van der Waals surface area contributed by atoms with Crippen LogP contribution in [0.4, 0.5) is 4.79 Å². The van der Waals surface area contributed by atoms with Crippen molar-refractivity contribution >= 4 is 23.8 Å². The Morgan fingerprint density at radius 2 is 1.76 bits per heavy atom. The fourth-order valence-electron chi connectivity index (χ4n) is 7.17. The van der Waals surface area contributed by atoms with Gasteiger partial charge >= 0.3 is 6.09 Å². The molecule has 2 aromatic rings. The molecule has 3 heterocycles. The molecule has 1 aromatic heterocycles. The van der Waals surface area contributed by atoms with Crippen LogP contribution in [0, 0.1) is 11.8 Å². The van der Waals surface area contributed by atoms with Crippen LogP contribution in [-0.4, -0.2) is 112 Å². The van der Waals surface area contributed by atoms with E-state index in [1.54, 1.807) is 22.0 Å². The molecule has 1 aromatic carbocycles. The van der Waals surface area contributed by atoms with E-state index >= 15 is 0 Å². The number of imidazole rings is 1. The number of nitrogens with zero attached hydrogens (tertiary/aromatic N) is 4. The fraction of sp³-hybridized carbons (Fsp3) is 0.639. The van der Waals surface area contributed by atoms with Gasteiger partial charge in [-0.25, -0.2) is 9.78 Å². The zero-order valence-electron chi connectivity index (χ0n) is 28.8. The Hall–Kier alpha value is -3.97. The first-order valence-electron chi connectivity index (χ1n) is 17.8. The highest BCUT2D eigenvalue weighted by Crippen LogP contribution is 2.29. The Balaban J connectivity index is 1.36. The highest BCUT2D eigenvalue weighted by Gasteiger charge is 2.41. The first kappa shape index (κ1) is 36.3. The van der Waals surface area contributed by atoms with E-state index < -0.39 is 48.1 Å². The summed E-state index contributed by atoms with van der Waals surface area (Å²) >= 11 is 0. The lowest BCUT2D eigenvalue weighted by Crippen LogP contribution is -2.57. The van der Waals surface area contributed by atoms with E-state index in [9.17, 15) is 24.3 Å². The number of aryl methyl sites for hydroxylation is 1. The second-order valence-corrected chi connectivity index (χ2v) is 13.7. The van der Waals surface area contributed by atoms with E-state index in [2.05, 4.69) is 15.6 Å². The van der Waals surface area contributed by atoms with E-state index in [4.69, 9.17) is 9.47 Å². The van der Waals surface area contributed by atoms with E-state index in [1.807, 2.05) is 44.3 Å². The summed E-state index contributed by atoms with van der Waals surface area (Å²) in [7, 11) is 1.83. The van der Waals surface area contributed by atoms with Gasteiger partial charge in [-0.05, 0) is 31.2 Å². The van der Waals surface area contributed by atoms with Crippen LogP contribution in [0.3, 0.4) is 0 Å². The van der Waals surface area contributed by atoms with Crippen molar-refractivity contribution in [1.82, 2.24) is 30.0 Å². The minimum atomic E-state index is -1.13. The van der Waals surface area contributed by atoms with E-state index in [0.717, 1.165) is 37.7 Å². The van der Waals surface area contributed by atoms with Gasteiger partial charge in [-0.15, -0.1) is 0 Å². The second-order valence-electron chi connectivity index (χ2n) is 13.7. The molecule has 13 heteroatoms. The number of cyclic esters (lactones) is 1. The monoisotopic (exact) mass is 680 g/mol. The van der Waals surface area contributed by atoms with Gasteiger partial charge in [-0.3, -0.25) is 14.4 Å². The summed E-state index contributed by atoms with van der Waals surface area (Å²) in [4.78, 5) is 61.7. The maximum Gasteiger partial charge on any atom is 0.410 e. The van der Waals surface area contributed by atoms with Gasteiger partial charge in [0, 0.05) is 45.7 Å². The maximum absolute atomic E-state index is 14.2. The number of nitrogens with one attached hydrogen (secondary N) is 2. The zero-order valence-corrected chi connectivity index (χ0v) is 28.8. The van der Waals surface area contributed by atoms with Crippen molar-refractivity contribution < 1.29 is 33.8 Å². The third-order valence-corrected chi connectivity index (χ3v) is 10.0. The van der Waals surface area contributed by atoms with Crippen molar-refractivity contribution in [3.05, 3.63) is 54.1 Å². The number of morpholine rings is 1. The zero-order chi connectivity index (χ0) is 34.8. The average Bonchev–Trinajstić information content (AvgIpc) is 3.72. The predicted molar refractivity (Wildman–Crippen MR) is 181 cm³/mol. The fourth-order valence-corrected chi connectivity index (χ4v) is 7.17. The summed E-state index contributed by atoms with van der Waals surface area (Å²) < 4.78 is 12.7. The smallest absolute Gasteiger partial charge is 0.410 e. The third kappa shape index (κ3) is 10.3. The molecule has 2 aliphatic heterocycles. The number of hydrogen-bond donors (Lipinski definition) is 3. The van der Waals surface area contributed by atoms with Crippen LogP contribution in [0.5, 0.6) is 0 Å². The number of aliphatic hydroxyl groups is 1. The molecule has 13 nitrogen and oxygen atoms in total. The van der Waals surface area contributed by atoms with Gasteiger partial charge < -0.3 is 39.6 Å². The molecule has 1 saturated carbocycles. The minimum Gasteiger partial charge on any atom is -0.441 e. The standard InChI is InChI=1S/C36H52N6O7/c1-3-41-23-31(49-36(41)47)33(44)29(19-26-12-8-5-9-13-26)38-35(46)30(21-28-22-40(2)24-37-28)39-34(45)27(18-25-10-6-4-7-11-25)20-32(43)42-14-16-48-17-15-42/h4,6-7,10-11,22,24,26-27,29-31,33,44H,3,5,8-9,12-21,23H2,1-2H3,(H,38,46)(H,39,45)/t27-,29-,30-,31-,33-/m0/s1. The van der Waals surface area contributed by atoms with Crippen molar-refractivity contribution in [2.45, 2.75) is 89.0 Å². The summed E-state index contributed by atoms with van der Waals surface area (Å²) in [6.07, 6.45) is 7.33. The molecule has 268 valence electrons. The van der Waals surface area contributed by atoms with Crippen LogP contribution in [-0.2, 0) is 43.7 Å². The van der Waals surface area contributed by atoms with Crippen LogP contribution in [0.2, 0.25) is 0 Å². The SMILES string of the molecule is CCN1C[C@@H]([C@@H](O)[C@H](CC2CCCCC2)NC(=O)[C@H](Cc2cn(C)cn2)NC(=O)[C@H](CC(=O)N2CCOCC2)Cc2ccccc2)OC1=O. The summed E-state index contributed by atoms with van der Waals surface area (Å²) in [5.74, 6) is -1.42. The van der Waals surface area contributed by atoms with Crippen molar-refractivity contribution in [2.24, 2.45) is 18.9 Å². The van der Waals surface area contributed by atoms with Gasteiger partial charge in [0.05, 0.1) is 43.7 Å². The van der Waals surface area contributed by atoms with Gasteiger partial charge in [0.2, 0.25) is 17.7 Å². The van der Waals surface area contributed by atoms with E-state index in [1.165, 1.54) is 4.90 Å². The number of benzene rings is 1. The molecule has 2 saturated heterocycles. The molecule has 49 heavy (non-hydrogen) atoms. The van der Waals surface area contributed by atoms with Crippen LogP contribution in [0.25, 0.3) is 0 Å². The Kier molecular flexibility index (Phi) is 13.1. The Morgan fingerprint density at radius 3 is 2.41 bits per heavy atom. The van der Waals surface area contributed by atoms with Crippen LogP contribution in [0.1, 0.15) is 63.1 Å². The number of hydrogen-bond acceptors (Lipinski definition) is 8. The molecular weight excluding hydrogens is 628 g/mol. The molecule has 3 N–H and O–H groups in total. The Bertz CT molecular complexity index is 1390. The van der Waals surface area contributed by atoms with Crippen molar-refractivity contribution in [3.63, 3.8) is 0 Å². The molecule has 0 spiro atoms. The topological polar surface area (TPSA) is 155 Å². The van der Waals surface area contributed by atoms with Crippen molar-refractivity contribution in [1.29, 1.82) is 0 Å². The summed E-state index contributed by atoms with van der Waals surface area (Å²) in [5.41, 5.74) is 1.52. The molecule has 5 atom stereocenters. The first-order valence-corrected chi connectivity index (χ1v) is 17.8. The number of rotatable bonds is 15. The highest BCUT2D eigenvalue weighted by atomic mass is 16.6. The molecule has 3 fully saturated rings. The highest BCUT2D eigenvalue weighted by molar-refractivity contribution is 5.91. The maximum atomic E-state index is 14.2. The summed E-state index contributed by atoms with van der Waals surface area (Å²) in [5, 5.41) is 17.6. The minimum absolute atomic E-state index is 0.0113. The van der Waals surface area contributed by atoms with Gasteiger partial charge in [-0.2, -0.15) is 0 Å².